The first-order valence-corrected chi connectivity index (χ1v) is 12.6. The molecule has 6 nitrogen and oxygen atoms in total. The molecule has 0 bridgehead atoms. The maximum atomic E-state index is 12.2. The Kier molecular flexibility index (Phi) is 9.19. The number of carboxylic acids is 1. The topological polar surface area (TPSA) is 93.1 Å². The number of fused-ring (bicyclic) bond motifs is 2. The van der Waals surface area contributed by atoms with Gasteiger partial charge in [0.1, 0.15) is 11.9 Å². The van der Waals surface area contributed by atoms with Crippen molar-refractivity contribution in [2.75, 3.05) is 6.61 Å². The first-order chi connectivity index (χ1) is 15.8. The molecule has 2 N–H and O–H groups in total. The third-order valence-electron chi connectivity index (χ3n) is 7.40. The van der Waals surface area contributed by atoms with Crippen molar-refractivity contribution in [1.29, 1.82) is 0 Å². The third-order valence-corrected chi connectivity index (χ3v) is 7.40. The monoisotopic (exact) mass is 460 g/mol. The maximum absolute atomic E-state index is 12.2. The van der Waals surface area contributed by atoms with Crippen LogP contribution >= 0.6 is 0 Å². The number of carbonyl (C=O) groups excluding carboxylic acids is 1. The van der Waals surface area contributed by atoms with E-state index in [2.05, 4.69) is 13.0 Å². The molecule has 0 heterocycles. The van der Waals surface area contributed by atoms with E-state index in [9.17, 15) is 14.7 Å². The highest BCUT2D eigenvalue weighted by atomic mass is 16.5. The average Bonchev–Trinajstić information content (AvgIpc) is 3.08. The van der Waals surface area contributed by atoms with Gasteiger partial charge >= 0.3 is 11.9 Å². The van der Waals surface area contributed by atoms with Crippen LogP contribution in [0.3, 0.4) is 0 Å². The second kappa shape index (κ2) is 11.9. The zero-order chi connectivity index (χ0) is 24.0. The number of hydrogen-bond donors (Lipinski definition) is 2. The third kappa shape index (κ3) is 6.72. The van der Waals surface area contributed by atoms with Crippen molar-refractivity contribution >= 4 is 11.9 Å². The van der Waals surface area contributed by atoms with Crippen LogP contribution in [0.1, 0.15) is 76.8 Å². The van der Waals surface area contributed by atoms with Crippen LogP contribution in [0.5, 0.6) is 5.75 Å². The molecule has 0 saturated heterocycles. The fraction of sp³-hybridized carbons (Fsp3) is 0.704. The summed E-state index contributed by atoms with van der Waals surface area (Å²) in [6.07, 6.45) is 7.87. The molecular weight excluding hydrogens is 420 g/mol. The highest BCUT2D eigenvalue weighted by Crippen LogP contribution is 2.48. The smallest absolute Gasteiger partial charge is 0.341 e. The Balaban J connectivity index is 1.66. The van der Waals surface area contributed by atoms with E-state index in [1.165, 1.54) is 5.56 Å². The van der Waals surface area contributed by atoms with Crippen molar-refractivity contribution in [2.24, 2.45) is 23.7 Å². The van der Waals surface area contributed by atoms with Crippen molar-refractivity contribution < 1.29 is 29.3 Å². The molecule has 0 radical (unpaired) electrons. The van der Waals surface area contributed by atoms with Gasteiger partial charge in [0.05, 0.1) is 12.0 Å². The lowest BCUT2D eigenvalue weighted by molar-refractivity contribution is -0.153. The Labute approximate surface area is 197 Å². The lowest BCUT2D eigenvalue weighted by Gasteiger charge is -2.33. The standard InChI is InChI=1S/C27H40O6/c1-4-5-6-9-20(33-27(31)17(2)3)11-12-21-22-13-18-8-7-10-25(32-16-26(29)30)23(18)14-19(22)15-24(21)28/h7-8,10,17,19-22,24,28H,4-6,9,11-16H2,1-3H3,(H,29,30)/t19-,20-,21+,22-,24+/m0/s1. The second-order valence-electron chi connectivity index (χ2n) is 10.2. The molecule has 1 saturated carbocycles. The van der Waals surface area contributed by atoms with Gasteiger partial charge in [-0.1, -0.05) is 45.7 Å². The molecule has 0 amide bonds. The molecule has 2 aliphatic carbocycles. The normalized spacial score (nSPS) is 24.8. The van der Waals surface area contributed by atoms with Gasteiger partial charge in [0.15, 0.2) is 6.61 Å². The first-order valence-electron chi connectivity index (χ1n) is 12.6. The van der Waals surface area contributed by atoms with E-state index >= 15 is 0 Å². The van der Waals surface area contributed by atoms with Crippen molar-refractivity contribution in [3.8, 4) is 5.75 Å². The van der Waals surface area contributed by atoms with Crippen molar-refractivity contribution in [3.63, 3.8) is 0 Å². The van der Waals surface area contributed by atoms with Gasteiger partial charge in [0.2, 0.25) is 0 Å². The SMILES string of the molecule is CCCCC[C@@H](CC[C@@H]1[C@H]2Cc3cccc(OCC(=O)O)c3C[C@H]2C[C@H]1O)OC(=O)C(C)C. The minimum atomic E-state index is -0.982. The van der Waals surface area contributed by atoms with Gasteiger partial charge in [-0.25, -0.2) is 4.79 Å². The fourth-order valence-corrected chi connectivity index (χ4v) is 5.64. The van der Waals surface area contributed by atoms with E-state index < -0.39 is 5.97 Å². The zero-order valence-corrected chi connectivity index (χ0v) is 20.3. The van der Waals surface area contributed by atoms with E-state index in [0.717, 1.165) is 63.4 Å². The average molecular weight is 461 g/mol. The lowest BCUT2D eigenvalue weighted by atomic mass is 9.73. The first kappa shape index (κ1) is 25.5. The Morgan fingerprint density at radius 3 is 2.64 bits per heavy atom. The Hall–Kier alpha value is -2.08. The van der Waals surface area contributed by atoms with Crippen LogP contribution in [0.15, 0.2) is 18.2 Å². The van der Waals surface area contributed by atoms with Crippen molar-refractivity contribution in [2.45, 2.75) is 90.8 Å². The summed E-state index contributed by atoms with van der Waals surface area (Å²) in [6.45, 7) is 5.56. The maximum Gasteiger partial charge on any atom is 0.341 e. The molecule has 1 fully saturated rings. The number of rotatable bonds is 12. The van der Waals surface area contributed by atoms with Crippen LogP contribution in [-0.2, 0) is 27.2 Å². The minimum Gasteiger partial charge on any atom is -0.482 e. The number of carbonyl (C=O) groups is 2. The molecule has 2 aliphatic rings. The fourth-order valence-electron chi connectivity index (χ4n) is 5.64. The van der Waals surface area contributed by atoms with Gasteiger partial charge in [-0.2, -0.15) is 0 Å². The molecule has 33 heavy (non-hydrogen) atoms. The summed E-state index contributed by atoms with van der Waals surface area (Å²) >= 11 is 0. The number of hydrogen-bond acceptors (Lipinski definition) is 5. The number of benzene rings is 1. The number of aliphatic hydroxyl groups excluding tert-OH is 1. The van der Waals surface area contributed by atoms with E-state index in [1.54, 1.807) is 0 Å². The number of unbranched alkanes of at least 4 members (excludes halogenated alkanes) is 2. The molecule has 0 unspecified atom stereocenters. The van der Waals surface area contributed by atoms with Gasteiger partial charge in [0, 0.05) is 0 Å². The van der Waals surface area contributed by atoms with Crippen LogP contribution < -0.4 is 4.74 Å². The molecule has 1 aromatic rings. The number of esters is 1. The van der Waals surface area contributed by atoms with E-state index in [4.69, 9.17) is 14.6 Å². The summed E-state index contributed by atoms with van der Waals surface area (Å²) in [5.74, 6) is 0.350. The van der Waals surface area contributed by atoms with Gasteiger partial charge in [-0.05, 0) is 79.9 Å². The number of ether oxygens (including phenoxy) is 2. The summed E-state index contributed by atoms with van der Waals surface area (Å²) in [5.41, 5.74) is 2.29. The van der Waals surface area contributed by atoms with Crippen LogP contribution in [0, 0.1) is 23.7 Å². The minimum absolute atomic E-state index is 0.0791. The van der Waals surface area contributed by atoms with Crippen LogP contribution in [-0.4, -0.2) is 41.0 Å². The Morgan fingerprint density at radius 2 is 1.94 bits per heavy atom. The highest BCUT2D eigenvalue weighted by Gasteiger charge is 2.45. The summed E-state index contributed by atoms with van der Waals surface area (Å²) in [6, 6.07) is 5.86. The number of carboxylic acid groups (broad SMARTS) is 1. The molecule has 3 rings (SSSR count). The van der Waals surface area contributed by atoms with Crippen molar-refractivity contribution in [3.05, 3.63) is 29.3 Å². The predicted octanol–water partition coefficient (Wildman–Crippen LogP) is 4.79. The second-order valence-corrected chi connectivity index (χ2v) is 10.2. The van der Waals surface area contributed by atoms with Gasteiger partial charge in [0.25, 0.3) is 0 Å². The quantitative estimate of drug-likeness (QED) is 0.344. The number of aliphatic carboxylic acids is 1. The van der Waals surface area contributed by atoms with Gasteiger partial charge in [-0.15, -0.1) is 0 Å². The van der Waals surface area contributed by atoms with Crippen LogP contribution in [0.25, 0.3) is 0 Å². The van der Waals surface area contributed by atoms with Crippen LogP contribution in [0.4, 0.5) is 0 Å². The molecule has 1 aromatic carbocycles. The van der Waals surface area contributed by atoms with Gasteiger partial charge < -0.3 is 19.7 Å². The molecule has 0 spiro atoms. The van der Waals surface area contributed by atoms with E-state index in [0.29, 0.717) is 17.6 Å². The lowest BCUT2D eigenvalue weighted by Crippen LogP contribution is -2.29. The summed E-state index contributed by atoms with van der Waals surface area (Å²) in [7, 11) is 0. The molecule has 6 heteroatoms. The predicted molar refractivity (Wildman–Crippen MR) is 126 cm³/mol. The zero-order valence-electron chi connectivity index (χ0n) is 20.3. The Bertz CT molecular complexity index is 804. The molecule has 0 aliphatic heterocycles. The number of aliphatic hydroxyl groups is 1. The van der Waals surface area contributed by atoms with E-state index in [-0.39, 0.29) is 36.6 Å². The highest BCUT2D eigenvalue weighted by molar-refractivity contribution is 5.71. The summed E-state index contributed by atoms with van der Waals surface area (Å²) in [4.78, 5) is 23.2. The Morgan fingerprint density at radius 1 is 1.15 bits per heavy atom. The van der Waals surface area contributed by atoms with E-state index in [1.807, 2.05) is 26.0 Å². The molecular formula is C27H40O6. The molecule has 184 valence electrons. The summed E-state index contributed by atoms with van der Waals surface area (Å²) in [5, 5.41) is 19.9. The largest absolute Gasteiger partial charge is 0.482 e. The van der Waals surface area contributed by atoms with Crippen molar-refractivity contribution in [1.82, 2.24) is 0 Å². The van der Waals surface area contributed by atoms with Crippen LogP contribution in [0.2, 0.25) is 0 Å². The summed E-state index contributed by atoms with van der Waals surface area (Å²) < 4.78 is 11.4. The molecule has 0 aromatic heterocycles. The molecule has 5 atom stereocenters. The van der Waals surface area contributed by atoms with Gasteiger partial charge in [-0.3, -0.25) is 4.79 Å².